The molecular weight excluding hydrogens is 754 g/mol. The van der Waals surface area contributed by atoms with Crippen molar-refractivity contribution in [2.45, 2.75) is 26.2 Å². The Hall–Kier alpha value is -3.19. The van der Waals surface area contributed by atoms with Gasteiger partial charge in [-0.05, 0) is 73.5 Å². The highest BCUT2D eigenvalue weighted by molar-refractivity contribution is 7.89. The standard InChI is InChI=1S/C43H42OP2.2BrH/c1-3-45(39-17-9-5-10-18-39,40-19-11-6-12-20-40)33-35-25-29-37(30-26-35)43(44)38-31-27-36(28-32-38)34-46(4-2,41-21-13-7-14-22-41)42-23-15-8-16-24-42;;/h5-32H,3-4,33-34H2,1-2H3;2*1H/q+2;;/p-2. The minimum absolute atomic E-state index is 0. The second-order valence-electron chi connectivity index (χ2n) is 11.9. The van der Waals surface area contributed by atoms with E-state index in [0.717, 1.165) is 35.8 Å². The molecule has 6 aromatic rings. The zero-order chi connectivity index (χ0) is 31.8. The molecule has 1 nitrogen and oxygen atoms in total. The van der Waals surface area contributed by atoms with Crippen LogP contribution in [0.1, 0.15) is 40.9 Å². The Balaban J connectivity index is 0.00000260. The maximum Gasteiger partial charge on any atom is 0.193 e. The molecule has 0 radical (unpaired) electrons. The van der Waals surface area contributed by atoms with Crippen molar-refractivity contribution in [3.05, 3.63) is 192 Å². The topological polar surface area (TPSA) is 17.1 Å². The molecule has 0 saturated carbocycles. The summed E-state index contributed by atoms with van der Waals surface area (Å²) in [6.07, 6.45) is 4.13. The number of carbonyl (C=O) groups is 1. The molecule has 0 aliphatic heterocycles. The highest BCUT2D eigenvalue weighted by Gasteiger charge is 2.42. The molecular formula is C43H42Br2OP2. The number of hydrogen-bond acceptors (Lipinski definition) is 1. The summed E-state index contributed by atoms with van der Waals surface area (Å²) in [5.41, 5.74) is 4.02. The number of ketones is 1. The van der Waals surface area contributed by atoms with Gasteiger partial charge in [-0.3, -0.25) is 4.79 Å². The van der Waals surface area contributed by atoms with Crippen molar-refractivity contribution >= 4 is 41.5 Å². The number of rotatable bonds is 12. The highest BCUT2D eigenvalue weighted by Crippen LogP contribution is 2.59. The van der Waals surface area contributed by atoms with Crippen LogP contribution in [0, 0.1) is 0 Å². The van der Waals surface area contributed by atoms with Crippen molar-refractivity contribution in [1.29, 1.82) is 0 Å². The van der Waals surface area contributed by atoms with Gasteiger partial charge >= 0.3 is 0 Å². The zero-order valence-electron chi connectivity index (χ0n) is 27.6. The molecule has 0 unspecified atom stereocenters. The van der Waals surface area contributed by atoms with Crippen molar-refractivity contribution in [1.82, 2.24) is 0 Å². The van der Waals surface area contributed by atoms with Gasteiger partial charge in [0.25, 0.3) is 0 Å². The van der Waals surface area contributed by atoms with Gasteiger partial charge in [-0.2, -0.15) is 0 Å². The van der Waals surface area contributed by atoms with Crippen LogP contribution in [0.4, 0.5) is 0 Å². The average molecular weight is 797 g/mol. The summed E-state index contributed by atoms with van der Waals surface area (Å²) in [4.78, 5) is 13.7. The summed E-state index contributed by atoms with van der Waals surface area (Å²) in [6, 6.07) is 60.7. The van der Waals surface area contributed by atoms with Gasteiger partial charge in [0.2, 0.25) is 0 Å². The number of carbonyl (C=O) groups excluding carboxylic acids is 1. The van der Waals surface area contributed by atoms with Crippen LogP contribution in [0.5, 0.6) is 0 Å². The largest absolute Gasteiger partial charge is 1.00 e. The fourth-order valence-corrected chi connectivity index (χ4v) is 14.7. The van der Waals surface area contributed by atoms with Crippen LogP contribution < -0.4 is 55.2 Å². The van der Waals surface area contributed by atoms with Gasteiger partial charge < -0.3 is 34.0 Å². The first-order valence-electron chi connectivity index (χ1n) is 16.3. The monoisotopic (exact) mass is 794 g/mol. The van der Waals surface area contributed by atoms with Crippen LogP contribution in [0.15, 0.2) is 170 Å². The van der Waals surface area contributed by atoms with Crippen molar-refractivity contribution in [2.75, 3.05) is 12.3 Å². The van der Waals surface area contributed by atoms with Crippen molar-refractivity contribution in [2.24, 2.45) is 0 Å². The lowest BCUT2D eigenvalue weighted by Gasteiger charge is -2.26. The van der Waals surface area contributed by atoms with E-state index in [-0.39, 0.29) is 39.7 Å². The van der Waals surface area contributed by atoms with Crippen LogP contribution in [0.2, 0.25) is 0 Å². The molecule has 48 heavy (non-hydrogen) atoms. The SMILES string of the molecule is CC[P+](Cc1ccc(C(=O)c2ccc(C[P+](CC)(c3ccccc3)c3ccccc3)cc2)cc1)(c1ccccc1)c1ccccc1.[Br-].[Br-]. The summed E-state index contributed by atoms with van der Waals surface area (Å²) >= 11 is 0. The lowest BCUT2D eigenvalue weighted by Crippen LogP contribution is -3.00. The second-order valence-corrected chi connectivity index (χ2v) is 19.8. The van der Waals surface area contributed by atoms with E-state index in [9.17, 15) is 4.79 Å². The molecule has 0 bridgehead atoms. The predicted octanol–water partition coefficient (Wildman–Crippen LogP) is 3.30. The van der Waals surface area contributed by atoms with E-state index < -0.39 is 14.5 Å². The maximum atomic E-state index is 13.7. The van der Waals surface area contributed by atoms with Crippen LogP contribution in [-0.4, -0.2) is 18.1 Å². The van der Waals surface area contributed by atoms with Gasteiger partial charge in [0.1, 0.15) is 0 Å². The molecule has 0 spiro atoms. The van der Waals surface area contributed by atoms with E-state index in [1.165, 1.54) is 32.3 Å². The van der Waals surface area contributed by atoms with E-state index >= 15 is 0 Å². The molecule has 0 aliphatic rings. The minimum atomic E-state index is -1.65. The van der Waals surface area contributed by atoms with Crippen molar-refractivity contribution in [3.8, 4) is 0 Å². The highest BCUT2D eigenvalue weighted by atomic mass is 79.9. The molecule has 0 heterocycles. The third kappa shape index (κ3) is 7.98. The molecule has 0 aromatic heterocycles. The Bertz CT molecular complexity index is 1630. The molecule has 0 atom stereocenters. The summed E-state index contributed by atoms with van der Waals surface area (Å²) in [7, 11) is -3.31. The Morgan fingerprint density at radius 1 is 0.396 bits per heavy atom. The summed E-state index contributed by atoms with van der Waals surface area (Å²) in [6.45, 7) is 4.64. The first kappa shape index (κ1) is 37.6. The van der Waals surface area contributed by atoms with E-state index in [0.29, 0.717) is 0 Å². The number of halogens is 2. The summed E-state index contributed by atoms with van der Waals surface area (Å²) < 4.78 is 0. The Labute approximate surface area is 309 Å². The van der Waals surface area contributed by atoms with E-state index in [4.69, 9.17) is 0 Å². The van der Waals surface area contributed by atoms with Crippen LogP contribution in [-0.2, 0) is 12.3 Å². The van der Waals surface area contributed by atoms with Gasteiger partial charge in [0.15, 0.2) is 5.78 Å². The fraction of sp³-hybridized carbons (Fsp3) is 0.140. The molecule has 244 valence electrons. The third-order valence-electron chi connectivity index (χ3n) is 9.42. The Kier molecular flexibility index (Phi) is 13.7. The summed E-state index contributed by atoms with van der Waals surface area (Å²) in [5.74, 6) is 0.0726. The first-order chi connectivity index (χ1) is 22.6. The predicted molar refractivity (Wildman–Crippen MR) is 203 cm³/mol. The third-order valence-corrected chi connectivity index (χ3v) is 18.5. The smallest absolute Gasteiger partial charge is 0.193 e. The first-order valence-corrected chi connectivity index (χ1v) is 20.6. The normalized spacial score (nSPS) is 11.2. The van der Waals surface area contributed by atoms with Crippen LogP contribution in [0.3, 0.4) is 0 Å². The molecule has 0 N–H and O–H groups in total. The molecule has 0 aliphatic carbocycles. The Morgan fingerprint density at radius 3 is 0.875 bits per heavy atom. The van der Waals surface area contributed by atoms with E-state index in [1.807, 2.05) is 24.3 Å². The number of hydrogen-bond donors (Lipinski definition) is 0. The quantitative estimate of drug-likeness (QED) is 0.138. The van der Waals surface area contributed by atoms with Crippen molar-refractivity contribution in [3.63, 3.8) is 0 Å². The van der Waals surface area contributed by atoms with Gasteiger partial charge in [0, 0.05) is 11.1 Å². The van der Waals surface area contributed by atoms with Gasteiger partial charge in [-0.1, -0.05) is 121 Å². The van der Waals surface area contributed by atoms with E-state index in [1.54, 1.807) is 0 Å². The van der Waals surface area contributed by atoms with Crippen LogP contribution >= 0.6 is 14.5 Å². The maximum absolute atomic E-state index is 13.7. The minimum Gasteiger partial charge on any atom is -1.00 e. The second kappa shape index (κ2) is 17.5. The molecule has 5 heteroatoms. The summed E-state index contributed by atoms with van der Waals surface area (Å²) in [5, 5.41) is 5.71. The van der Waals surface area contributed by atoms with Gasteiger partial charge in [-0.15, -0.1) is 0 Å². The molecule has 6 rings (SSSR count). The van der Waals surface area contributed by atoms with Crippen molar-refractivity contribution < 1.29 is 38.8 Å². The fourth-order valence-electron chi connectivity index (χ4n) is 6.78. The lowest BCUT2D eigenvalue weighted by atomic mass is 10.0. The molecule has 0 amide bonds. The van der Waals surface area contributed by atoms with Crippen LogP contribution in [0.25, 0.3) is 0 Å². The average Bonchev–Trinajstić information content (AvgIpc) is 3.14. The molecule has 0 saturated heterocycles. The molecule has 6 aromatic carbocycles. The Morgan fingerprint density at radius 2 is 0.646 bits per heavy atom. The van der Waals surface area contributed by atoms with Gasteiger partial charge in [0.05, 0.1) is 60.4 Å². The molecule has 0 fully saturated rings. The number of benzene rings is 6. The van der Waals surface area contributed by atoms with Gasteiger partial charge in [-0.25, -0.2) is 0 Å². The van der Waals surface area contributed by atoms with E-state index in [2.05, 4.69) is 159 Å². The zero-order valence-corrected chi connectivity index (χ0v) is 32.5. The lowest BCUT2D eigenvalue weighted by molar-refractivity contribution is -0.00100.